The topological polar surface area (TPSA) is 52.6 Å². The van der Waals surface area contributed by atoms with Gasteiger partial charge in [-0.2, -0.15) is 0 Å². The van der Waals surface area contributed by atoms with Gasteiger partial charge in [-0.3, -0.25) is 0 Å². The third-order valence-electron chi connectivity index (χ3n) is 3.95. The molecule has 1 atom stereocenters. The van der Waals surface area contributed by atoms with Crippen LogP contribution in [-0.4, -0.2) is 41.8 Å². The molecule has 0 aliphatic carbocycles. The van der Waals surface area contributed by atoms with Crippen LogP contribution in [0.4, 0.5) is 9.18 Å². The van der Waals surface area contributed by atoms with Crippen LogP contribution >= 0.6 is 0 Å². The van der Waals surface area contributed by atoms with Crippen molar-refractivity contribution < 1.29 is 14.3 Å². The van der Waals surface area contributed by atoms with Crippen LogP contribution in [0.25, 0.3) is 0 Å². The minimum Gasteiger partial charge on any atom is -0.396 e. The van der Waals surface area contributed by atoms with E-state index in [1.165, 1.54) is 12.1 Å². The van der Waals surface area contributed by atoms with Crippen molar-refractivity contribution in [2.24, 2.45) is 0 Å². The summed E-state index contributed by atoms with van der Waals surface area (Å²) in [5.74, 6) is -0.247. The lowest BCUT2D eigenvalue weighted by molar-refractivity contribution is 0.132. The second kappa shape index (κ2) is 7.98. The van der Waals surface area contributed by atoms with E-state index in [1.807, 2.05) is 4.90 Å². The lowest BCUT2D eigenvalue weighted by Gasteiger charge is -2.35. The van der Waals surface area contributed by atoms with Gasteiger partial charge >= 0.3 is 6.03 Å². The van der Waals surface area contributed by atoms with Crippen LogP contribution in [0.15, 0.2) is 24.3 Å². The summed E-state index contributed by atoms with van der Waals surface area (Å²) in [7, 11) is 0. The van der Waals surface area contributed by atoms with Crippen molar-refractivity contribution in [3.63, 3.8) is 0 Å². The SMILES string of the molecule is O=C(NCCc1ccc(F)cc1)N1CCCCC1CCO. The Morgan fingerprint density at radius 3 is 2.81 bits per heavy atom. The molecule has 2 N–H and O–H groups in total. The van der Waals surface area contributed by atoms with Gasteiger partial charge in [-0.05, 0) is 49.8 Å². The van der Waals surface area contributed by atoms with Gasteiger partial charge in [0.1, 0.15) is 5.82 Å². The number of halogens is 1. The van der Waals surface area contributed by atoms with E-state index in [0.717, 1.165) is 31.4 Å². The zero-order chi connectivity index (χ0) is 15.1. The average molecular weight is 294 g/mol. The number of aliphatic hydroxyl groups excluding tert-OH is 1. The fourth-order valence-electron chi connectivity index (χ4n) is 2.78. The predicted molar refractivity (Wildman–Crippen MR) is 79.6 cm³/mol. The zero-order valence-corrected chi connectivity index (χ0v) is 12.2. The Labute approximate surface area is 125 Å². The summed E-state index contributed by atoms with van der Waals surface area (Å²) in [4.78, 5) is 14.0. The number of hydrogen-bond donors (Lipinski definition) is 2. The summed E-state index contributed by atoms with van der Waals surface area (Å²) in [5.41, 5.74) is 1.00. The predicted octanol–water partition coefficient (Wildman–Crippen LogP) is 2.31. The molecule has 5 heteroatoms. The second-order valence-corrected chi connectivity index (χ2v) is 5.46. The van der Waals surface area contributed by atoms with E-state index in [1.54, 1.807) is 12.1 Å². The Hall–Kier alpha value is -1.62. The lowest BCUT2D eigenvalue weighted by atomic mass is 10.0. The monoisotopic (exact) mass is 294 g/mol. The van der Waals surface area contributed by atoms with Crippen molar-refractivity contribution in [3.8, 4) is 0 Å². The first-order valence-electron chi connectivity index (χ1n) is 7.60. The van der Waals surface area contributed by atoms with E-state index in [-0.39, 0.29) is 24.5 Å². The lowest BCUT2D eigenvalue weighted by Crippen LogP contribution is -2.49. The number of hydrogen-bond acceptors (Lipinski definition) is 2. The van der Waals surface area contributed by atoms with Crippen LogP contribution < -0.4 is 5.32 Å². The number of piperidine rings is 1. The molecule has 1 aromatic rings. The number of benzene rings is 1. The highest BCUT2D eigenvalue weighted by Gasteiger charge is 2.25. The third kappa shape index (κ3) is 4.70. The molecule has 0 bridgehead atoms. The van der Waals surface area contributed by atoms with Gasteiger partial charge in [0.25, 0.3) is 0 Å². The Morgan fingerprint density at radius 2 is 2.10 bits per heavy atom. The van der Waals surface area contributed by atoms with Crippen molar-refractivity contribution in [3.05, 3.63) is 35.6 Å². The van der Waals surface area contributed by atoms with Gasteiger partial charge in [-0.1, -0.05) is 12.1 Å². The number of nitrogens with one attached hydrogen (secondary N) is 1. The fraction of sp³-hybridized carbons (Fsp3) is 0.562. The standard InChI is InChI=1S/C16H23FN2O2/c17-14-6-4-13(5-7-14)8-10-18-16(21)19-11-2-1-3-15(19)9-12-20/h4-7,15,20H,1-3,8-12H2,(H,18,21). The van der Waals surface area contributed by atoms with Crippen molar-refractivity contribution in [1.82, 2.24) is 10.2 Å². The summed E-state index contributed by atoms with van der Waals surface area (Å²) in [6.45, 7) is 1.41. The van der Waals surface area contributed by atoms with E-state index >= 15 is 0 Å². The summed E-state index contributed by atoms with van der Waals surface area (Å²) < 4.78 is 12.8. The van der Waals surface area contributed by atoms with E-state index in [4.69, 9.17) is 5.11 Å². The van der Waals surface area contributed by atoms with Crippen molar-refractivity contribution in [2.75, 3.05) is 19.7 Å². The summed E-state index contributed by atoms with van der Waals surface area (Å²) in [6, 6.07) is 6.41. The molecule has 1 aliphatic rings. The Bertz CT molecular complexity index is 448. The van der Waals surface area contributed by atoms with Crippen LogP contribution in [0.1, 0.15) is 31.2 Å². The summed E-state index contributed by atoms with van der Waals surface area (Å²) in [6.07, 6.45) is 4.43. The molecular formula is C16H23FN2O2. The molecule has 1 saturated heterocycles. The molecule has 21 heavy (non-hydrogen) atoms. The Balaban J connectivity index is 1.78. The van der Waals surface area contributed by atoms with Gasteiger partial charge < -0.3 is 15.3 Å². The molecule has 1 fully saturated rings. The van der Waals surface area contributed by atoms with Gasteiger partial charge in [-0.25, -0.2) is 9.18 Å². The molecule has 1 aliphatic heterocycles. The summed E-state index contributed by atoms with van der Waals surface area (Å²) >= 11 is 0. The van der Waals surface area contributed by atoms with Crippen molar-refractivity contribution in [2.45, 2.75) is 38.1 Å². The molecule has 0 radical (unpaired) electrons. The highest BCUT2D eigenvalue weighted by Crippen LogP contribution is 2.19. The number of nitrogens with zero attached hydrogens (tertiary/aromatic N) is 1. The second-order valence-electron chi connectivity index (χ2n) is 5.46. The normalized spacial score (nSPS) is 18.6. The first-order chi connectivity index (χ1) is 10.2. The summed E-state index contributed by atoms with van der Waals surface area (Å²) in [5, 5.41) is 12.0. The van der Waals surface area contributed by atoms with Gasteiger partial charge in [0.15, 0.2) is 0 Å². The molecule has 116 valence electrons. The maximum atomic E-state index is 12.8. The van der Waals surface area contributed by atoms with Crippen LogP contribution in [0.5, 0.6) is 0 Å². The number of carbonyl (C=O) groups excluding carboxylic acids is 1. The van der Waals surface area contributed by atoms with Crippen molar-refractivity contribution >= 4 is 6.03 Å². The van der Waals surface area contributed by atoms with E-state index in [0.29, 0.717) is 19.4 Å². The number of rotatable bonds is 5. The number of urea groups is 1. The molecular weight excluding hydrogens is 271 g/mol. The molecule has 2 amide bonds. The largest absolute Gasteiger partial charge is 0.396 e. The maximum Gasteiger partial charge on any atom is 0.317 e. The molecule has 2 rings (SSSR count). The highest BCUT2D eigenvalue weighted by atomic mass is 19.1. The average Bonchev–Trinajstić information content (AvgIpc) is 2.50. The van der Waals surface area contributed by atoms with E-state index in [9.17, 15) is 9.18 Å². The Morgan fingerprint density at radius 1 is 1.33 bits per heavy atom. The zero-order valence-electron chi connectivity index (χ0n) is 12.2. The number of likely N-dealkylation sites (tertiary alicyclic amines) is 1. The van der Waals surface area contributed by atoms with E-state index < -0.39 is 0 Å². The molecule has 4 nitrogen and oxygen atoms in total. The smallest absolute Gasteiger partial charge is 0.317 e. The number of carbonyl (C=O) groups is 1. The minimum absolute atomic E-state index is 0.0599. The molecule has 0 spiro atoms. The van der Waals surface area contributed by atoms with Gasteiger partial charge in [0, 0.05) is 25.7 Å². The van der Waals surface area contributed by atoms with E-state index in [2.05, 4.69) is 5.32 Å². The highest BCUT2D eigenvalue weighted by molar-refractivity contribution is 5.74. The Kier molecular flexibility index (Phi) is 5.99. The minimum atomic E-state index is -0.247. The molecule has 1 unspecified atom stereocenters. The van der Waals surface area contributed by atoms with Crippen LogP contribution in [0.2, 0.25) is 0 Å². The molecule has 1 heterocycles. The fourth-order valence-corrected chi connectivity index (χ4v) is 2.78. The number of aliphatic hydroxyl groups is 1. The van der Waals surface area contributed by atoms with Gasteiger partial charge in [0.05, 0.1) is 0 Å². The first kappa shape index (κ1) is 15.8. The molecule has 0 saturated carbocycles. The number of amides is 2. The van der Waals surface area contributed by atoms with Gasteiger partial charge in [-0.15, -0.1) is 0 Å². The first-order valence-corrected chi connectivity index (χ1v) is 7.60. The third-order valence-corrected chi connectivity index (χ3v) is 3.95. The molecule has 0 aromatic heterocycles. The maximum absolute atomic E-state index is 12.8. The van der Waals surface area contributed by atoms with Crippen LogP contribution in [0.3, 0.4) is 0 Å². The van der Waals surface area contributed by atoms with Crippen LogP contribution in [-0.2, 0) is 6.42 Å². The van der Waals surface area contributed by atoms with Crippen molar-refractivity contribution in [1.29, 1.82) is 0 Å². The quantitative estimate of drug-likeness (QED) is 0.875. The molecule has 1 aromatic carbocycles. The van der Waals surface area contributed by atoms with Crippen LogP contribution in [0, 0.1) is 5.82 Å². The van der Waals surface area contributed by atoms with Gasteiger partial charge in [0.2, 0.25) is 0 Å².